The van der Waals surface area contributed by atoms with E-state index in [4.69, 9.17) is 4.74 Å². The largest absolute Gasteiger partial charge is 0.356 e. The molecule has 0 aliphatic carbocycles. The summed E-state index contributed by atoms with van der Waals surface area (Å²) in [7, 11) is 0. The second-order valence-corrected chi connectivity index (χ2v) is 6.50. The molecule has 1 fully saturated rings. The molecule has 0 unspecified atom stereocenters. The van der Waals surface area contributed by atoms with Gasteiger partial charge in [0.05, 0.1) is 12.6 Å². The maximum absolute atomic E-state index is 12.8. The van der Waals surface area contributed by atoms with Crippen LogP contribution in [0.15, 0.2) is 35.0 Å². The monoisotopic (exact) mass is 358 g/mol. The molecule has 0 bridgehead atoms. The van der Waals surface area contributed by atoms with E-state index in [0.29, 0.717) is 11.4 Å². The Morgan fingerprint density at radius 2 is 2.04 bits per heavy atom. The van der Waals surface area contributed by atoms with E-state index in [0.717, 1.165) is 5.56 Å². The number of hydrogen-bond acceptors (Lipinski definition) is 6. The van der Waals surface area contributed by atoms with Crippen molar-refractivity contribution in [3.63, 3.8) is 0 Å². The van der Waals surface area contributed by atoms with E-state index in [-0.39, 0.29) is 31.0 Å². The number of carbonyl (C=O) groups excluding carboxylic acids is 2. The minimum atomic E-state index is -0.808. The van der Waals surface area contributed by atoms with Gasteiger partial charge in [-0.1, -0.05) is 40.6 Å². The number of nitrogens with zero attached hydrogens (tertiary/aromatic N) is 3. The van der Waals surface area contributed by atoms with Gasteiger partial charge in [-0.2, -0.15) is 0 Å². The summed E-state index contributed by atoms with van der Waals surface area (Å²) in [5.41, 5.74) is 2.03. The second-order valence-electron chi connectivity index (χ2n) is 6.50. The number of hydrogen-bond donors (Lipinski definition) is 1. The van der Waals surface area contributed by atoms with Crippen molar-refractivity contribution in [3.8, 4) is 0 Å². The lowest BCUT2D eigenvalue weighted by Gasteiger charge is -2.42. The van der Waals surface area contributed by atoms with Gasteiger partial charge in [-0.15, -0.1) is 0 Å². The normalized spacial score (nSPS) is 20.5. The summed E-state index contributed by atoms with van der Waals surface area (Å²) < 4.78 is 10.3. The van der Waals surface area contributed by atoms with E-state index < -0.39 is 12.1 Å². The predicted molar refractivity (Wildman–Crippen MR) is 91.8 cm³/mol. The van der Waals surface area contributed by atoms with Crippen LogP contribution < -0.4 is 5.32 Å². The molecule has 0 spiro atoms. The highest BCUT2D eigenvalue weighted by Crippen LogP contribution is 2.32. The topological polar surface area (TPSA) is 97.6 Å². The zero-order valence-electron chi connectivity index (χ0n) is 15.0. The molecule has 138 valence electrons. The highest BCUT2D eigenvalue weighted by Gasteiger charge is 2.42. The van der Waals surface area contributed by atoms with Crippen molar-refractivity contribution in [2.75, 3.05) is 6.61 Å². The van der Waals surface area contributed by atoms with Crippen LogP contribution in [0.1, 0.15) is 36.8 Å². The quantitative estimate of drug-likeness (QED) is 0.867. The fraction of sp³-hybridized carbons (Fsp3) is 0.444. The zero-order valence-corrected chi connectivity index (χ0v) is 15.0. The van der Waals surface area contributed by atoms with Gasteiger partial charge in [-0.05, 0) is 26.3 Å². The van der Waals surface area contributed by atoms with Gasteiger partial charge in [0.2, 0.25) is 5.91 Å². The van der Waals surface area contributed by atoms with Gasteiger partial charge in [-0.3, -0.25) is 9.59 Å². The SMILES string of the molecule is Cc1nonc1CNC(=O)[C@H]1OCC(=O)N(C(C)C)[C@@H]1c1ccccc1. The van der Waals surface area contributed by atoms with E-state index in [1.807, 2.05) is 44.2 Å². The van der Waals surface area contributed by atoms with Crippen LogP contribution in [0.3, 0.4) is 0 Å². The van der Waals surface area contributed by atoms with Gasteiger partial charge >= 0.3 is 0 Å². The number of nitrogens with one attached hydrogen (secondary N) is 1. The van der Waals surface area contributed by atoms with E-state index in [1.165, 1.54) is 0 Å². The molecule has 2 aromatic rings. The van der Waals surface area contributed by atoms with Gasteiger partial charge in [0, 0.05) is 6.04 Å². The molecule has 1 aromatic heterocycles. The third kappa shape index (κ3) is 3.60. The van der Waals surface area contributed by atoms with E-state index in [9.17, 15) is 9.59 Å². The summed E-state index contributed by atoms with van der Waals surface area (Å²) in [6.45, 7) is 5.67. The van der Waals surface area contributed by atoms with Crippen LogP contribution in [0.2, 0.25) is 0 Å². The second kappa shape index (κ2) is 7.65. The lowest BCUT2D eigenvalue weighted by Crippen LogP contribution is -2.56. The van der Waals surface area contributed by atoms with Crippen molar-refractivity contribution in [1.82, 2.24) is 20.5 Å². The van der Waals surface area contributed by atoms with Crippen molar-refractivity contribution < 1.29 is 19.0 Å². The number of ether oxygens (including phenoxy) is 1. The Balaban J connectivity index is 1.84. The molecular formula is C18H22N4O4. The average Bonchev–Trinajstić information content (AvgIpc) is 3.04. The molecule has 2 heterocycles. The molecule has 1 N–H and O–H groups in total. The van der Waals surface area contributed by atoms with Gasteiger partial charge in [0.15, 0.2) is 6.10 Å². The third-order valence-electron chi connectivity index (χ3n) is 4.39. The first-order valence-corrected chi connectivity index (χ1v) is 8.52. The number of aryl methyl sites for hydroxylation is 1. The Morgan fingerprint density at radius 3 is 2.65 bits per heavy atom. The highest BCUT2D eigenvalue weighted by atomic mass is 16.6. The number of aromatic nitrogens is 2. The van der Waals surface area contributed by atoms with Crippen LogP contribution in [0.4, 0.5) is 0 Å². The van der Waals surface area contributed by atoms with E-state index in [2.05, 4.69) is 20.3 Å². The molecule has 2 amide bonds. The molecule has 1 aromatic carbocycles. The van der Waals surface area contributed by atoms with Crippen molar-refractivity contribution in [1.29, 1.82) is 0 Å². The van der Waals surface area contributed by atoms with Crippen LogP contribution in [0.5, 0.6) is 0 Å². The minimum Gasteiger partial charge on any atom is -0.356 e. The smallest absolute Gasteiger partial charge is 0.252 e. The first-order chi connectivity index (χ1) is 12.5. The van der Waals surface area contributed by atoms with Gasteiger partial charge < -0.3 is 15.0 Å². The Labute approximate surface area is 151 Å². The number of carbonyl (C=O) groups is 2. The summed E-state index contributed by atoms with van der Waals surface area (Å²) in [6.07, 6.45) is -0.808. The van der Waals surface area contributed by atoms with Crippen LogP contribution >= 0.6 is 0 Å². The lowest BCUT2D eigenvalue weighted by molar-refractivity contribution is -0.167. The fourth-order valence-corrected chi connectivity index (χ4v) is 3.12. The molecule has 1 aliphatic heterocycles. The van der Waals surface area contributed by atoms with Gasteiger partial charge in [-0.25, -0.2) is 4.63 Å². The third-order valence-corrected chi connectivity index (χ3v) is 4.39. The Hall–Kier alpha value is -2.74. The summed E-state index contributed by atoms with van der Waals surface area (Å²) in [5, 5.41) is 10.3. The molecule has 1 saturated heterocycles. The zero-order chi connectivity index (χ0) is 18.7. The molecule has 0 saturated carbocycles. The molecule has 8 heteroatoms. The summed E-state index contributed by atoms with van der Waals surface area (Å²) in [5.74, 6) is -0.436. The van der Waals surface area contributed by atoms with Crippen molar-refractivity contribution in [2.45, 2.75) is 45.5 Å². The van der Waals surface area contributed by atoms with E-state index in [1.54, 1.807) is 11.8 Å². The highest BCUT2D eigenvalue weighted by molar-refractivity contribution is 5.86. The Bertz CT molecular complexity index is 775. The van der Waals surface area contributed by atoms with E-state index >= 15 is 0 Å². The fourth-order valence-electron chi connectivity index (χ4n) is 3.12. The van der Waals surface area contributed by atoms with Crippen molar-refractivity contribution >= 4 is 11.8 Å². The van der Waals surface area contributed by atoms with Crippen molar-refractivity contribution in [2.24, 2.45) is 0 Å². The average molecular weight is 358 g/mol. The molecular weight excluding hydrogens is 336 g/mol. The molecule has 26 heavy (non-hydrogen) atoms. The number of morpholine rings is 1. The van der Waals surface area contributed by atoms with Crippen LogP contribution in [-0.2, 0) is 20.9 Å². The summed E-state index contributed by atoms with van der Waals surface area (Å²) in [6, 6.07) is 8.90. The Kier molecular flexibility index (Phi) is 5.32. The van der Waals surface area contributed by atoms with Crippen LogP contribution in [-0.4, -0.2) is 45.8 Å². The maximum atomic E-state index is 12.8. The van der Waals surface area contributed by atoms with Crippen LogP contribution in [0, 0.1) is 6.92 Å². The maximum Gasteiger partial charge on any atom is 0.252 e. The first-order valence-electron chi connectivity index (χ1n) is 8.52. The van der Waals surface area contributed by atoms with Crippen LogP contribution in [0.25, 0.3) is 0 Å². The number of benzene rings is 1. The first kappa shape index (κ1) is 18.1. The molecule has 0 radical (unpaired) electrons. The molecule has 1 aliphatic rings. The predicted octanol–water partition coefficient (Wildman–Crippen LogP) is 1.37. The summed E-state index contributed by atoms with van der Waals surface area (Å²) in [4.78, 5) is 26.9. The number of amides is 2. The minimum absolute atomic E-state index is 0.0612. The Morgan fingerprint density at radius 1 is 1.31 bits per heavy atom. The lowest BCUT2D eigenvalue weighted by atomic mass is 9.95. The number of rotatable bonds is 5. The molecule has 3 rings (SSSR count). The van der Waals surface area contributed by atoms with Crippen molar-refractivity contribution in [3.05, 3.63) is 47.3 Å². The molecule has 2 atom stereocenters. The standard InChI is InChI=1S/C18H22N4O4/c1-11(2)22-15(23)10-25-17(16(22)13-7-5-4-6-8-13)18(24)19-9-14-12(3)20-26-21-14/h4-8,11,16-17H,9-10H2,1-3H3,(H,19,24)/t16-,17+/m1/s1. The van der Waals surface area contributed by atoms with Gasteiger partial charge in [0.1, 0.15) is 18.0 Å². The van der Waals surface area contributed by atoms with Gasteiger partial charge in [0.25, 0.3) is 5.91 Å². The molecule has 8 nitrogen and oxygen atoms in total. The summed E-state index contributed by atoms with van der Waals surface area (Å²) >= 11 is 0.